The van der Waals surface area contributed by atoms with Crippen LogP contribution in [0.2, 0.25) is 0 Å². The Morgan fingerprint density at radius 2 is 1.82 bits per heavy atom. The molecular formula is C31H46N6O2. The Bertz CT molecular complexity index is 1160. The van der Waals surface area contributed by atoms with E-state index < -0.39 is 0 Å². The van der Waals surface area contributed by atoms with Gasteiger partial charge in [-0.3, -0.25) is 14.6 Å². The van der Waals surface area contributed by atoms with E-state index in [4.69, 9.17) is 5.73 Å². The molecule has 2 heterocycles. The van der Waals surface area contributed by atoms with Crippen molar-refractivity contribution in [3.05, 3.63) is 47.3 Å². The molecule has 8 nitrogen and oxygen atoms in total. The van der Waals surface area contributed by atoms with Crippen LogP contribution in [0.15, 0.2) is 30.5 Å². The molecule has 2 aliphatic rings. The highest BCUT2D eigenvalue weighted by Crippen LogP contribution is 2.34. The largest absolute Gasteiger partial charge is 0.371 e. The van der Waals surface area contributed by atoms with E-state index in [-0.39, 0.29) is 35.7 Å². The average molecular weight is 535 g/mol. The van der Waals surface area contributed by atoms with E-state index in [0.29, 0.717) is 18.2 Å². The van der Waals surface area contributed by atoms with Crippen LogP contribution in [0.1, 0.15) is 67.6 Å². The number of rotatable bonds is 8. The van der Waals surface area contributed by atoms with Gasteiger partial charge in [-0.25, -0.2) is 0 Å². The number of anilines is 1. The molecule has 2 aromatic rings. The molecule has 2 fully saturated rings. The van der Waals surface area contributed by atoms with Crippen molar-refractivity contribution in [1.29, 1.82) is 0 Å². The van der Waals surface area contributed by atoms with Gasteiger partial charge in [0.15, 0.2) is 0 Å². The molecule has 3 unspecified atom stereocenters. The molecule has 1 aromatic heterocycles. The maximum absolute atomic E-state index is 13.6. The lowest BCUT2D eigenvalue weighted by Gasteiger charge is -2.36. The summed E-state index contributed by atoms with van der Waals surface area (Å²) in [6.45, 7) is 7.24. The molecule has 212 valence electrons. The number of amides is 2. The van der Waals surface area contributed by atoms with Gasteiger partial charge in [0, 0.05) is 61.3 Å². The number of hydrogen-bond acceptors (Lipinski definition) is 6. The third kappa shape index (κ3) is 6.97. The molecule has 3 atom stereocenters. The summed E-state index contributed by atoms with van der Waals surface area (Å²) in [7, 11) is 6.18. The van der Waals surface area contributed by atoms with Gasteiger partial charge < -0.3 is 26.2 Å². The molecule has 0 bridgehead atoms. The Kier molecular flexibility index (Phi) is 9.28. The maximum Gasteiger partial charge on any atom is 0.251 e. The highest BCUT2D eigenvalue weighted by Gasteiger charge is 2.32. The van der Waals surface area contributed by atoms with Crippen LogP contribution in [0.25, 0.3) is 11.1 Å². The first-order valence-corrected chi connectivity index (χ1v) is 14.3. The molecule has 4 N–H and O–H groups in total. The number of nitrogens with one attached hydrogen (secondary N) is 2. The van der Waals surface area contributed by atoms with Gasteiger partial charge >= 0.3 is 0 Å². The fourth-order valence-corrected chi connectivity index (χ4v) is 6.15. The van der Waals surface area contributed by atoms with Gasteiger partial charge in [-0.2, -0.15) is 0 Å². The number of pyridine rings is 1. The van der Waals surface area contributed by atoms with Gasteiger partial charge in [-0.05, 0) is 95.3 Å². The van der Waals surface area contributed by atoms with Crippen LogP contribution in [-0.2, 0) is 11.3 Å². The van der Waals surface area contributed by atoms with Crippen molar-refractivity contribution >= 4 is 17.5 Å². The van der Waals surface area contributed by atoms with E-state index in [1.165, 1.54) is 0 Å². The molecule has 1 saturated carbocycles. The van der Waals surface area contributed by atoms with Crippen LogP contribution < -0.4 is 21.3 Å². The Hall–Kier alpha value is -2.97. The monoisotopic (exact) mass is 534 g/mol. The second-order valence-corrected chi connectivity index (χ2v) is 12.1. The van der Waals surface area contributed by atoms with Crippen molar-refractivity contribution in [2.24, 2.45) is 17.6 Å². The van der Waals surface area contributed by atoms with Crippen molar-refractivity contribution < 1.29 is 9.59 Å². The molecule has 1 aromatic carbocycles. The summed E-state index contributed by atoms with van der Waals surface area (Å²) < 4.78 is 0. The first-order valence-electron chi connectivity index (χ1n) is 14.3. The van der Waals surface area contributed by atoms with Crippen LogP contribution in [-0.4, -0.2) is 67.5 Å². The number of carbonyl (C=O) groups excluding carboxylic acids is 2. The van der Waals surface area contributed by atoms with Gasteiger partial charge in [0.2, 0.25) is 5.91 Å². The van der Waals surface area contributed by atoms with Crippen LogP contribution in [0, 0.1) is 18.8 Å². The third-order valence-electron chi connectivity index (χ3n) is 8.55. The number of benzene rings is 1. The summed E-state index contributed by atoms with van der Waals surface area (Å²) in [6.07, 6.45) is 6.91. The lowest BCUT2D eigenvalue weighted by Crippen LogP contribution is -2.50. The van der Waals surface area contributed by atoms with Crippen molar-refractivity contribution in [1.82, 2.24) is 20.5 Å². The summed E-state index contributed by atoms with van der Waals surface area (Å²) >= 11 is 0. The van der Waals surface area contributed by atoms with Crippen molar-refractivity contribution in [2.75, 3.05) is 32.6 Å². The quantitative estimate of drug-likeness (QED) is 0.477. The zero-order valence-electron chi connectivity index (χ0n) is 24.5. The smallest absolute Gasteiger partial charge is 0.251 e. The summed E-state index contributed by atoms with van der Waals surface area (Å²) in [4.78, 5) is 35.3. The molecule has 0 radical (unpaired) electrons. The summed E-state index contributed by atoms with van der Waals surface area (Å²) in [5.74, 6) is -0.138. The molecule has 2 amide bonds. The summed E-state index contributed by atoms with van der Waals surface area (Å²) in [6, 6.07) is 9.10. The molecular weight excluding hydrogens is 488 g/mol. The highest BCUT2D eigenvalue weighted by molar-refractivity contribution is 5.99. The lowest BCUT2D eigenvalue weighted by atomic mass is 9.84. The van der Waals surface area contributed by atoms with E-state index in [1.54, 1.807) is 0 Å². The molecule has 0 spiro atoms. The van der Waals surface area contributed by atoms with E-state index in [0.717, 1.165) is 66.7 Å². The second kappa shape index (κ2) is 12.5. The zero-order chi connectivity index (χ0) is 28.3. The molecule has 39 heavy (non-hydrogen) atoms. The lowest BCUT2D eigenvalue weighted by molar-refractivity contribution is -0.129. The van der Waals surface area contributed by atoms with Crippen molar-refractivity contribution in [3.8, 4) is 11.1 Å². The number of piperidine rings is 1. The normalized spacial score (nSPS) is 25.3. The minimum Gasteiger partial charge on any atom is -0.371 e. The Morgan fingerprint density at radius 1 is 1.10 bits per heavy atom. The molecule has 1 aliphatic carbocycles. The summed E-state index contributed by atoms with van der Waals surface area (Å²) in [5.41, 5.74) is 11.7. The van der Waals surface area contributed by atoms with Crippen LogP contribution in [0.4, 0.5) is 5.69 Å². The van der Waals surface area contributed by atoms with E-state index >= 15 is 0 Å². The van der Waals surface area contributed by atoms with Crippen LogP contribution >= 0.6 is 0 Å². The Labute approximate surface area is 233 Å². The first kappa shape index (κ1) is 29.0. The van der Waals surface area contributed by atoms with Crippen molar-refractivity contribution in [3.63, 3.8) is 0 Å². The van der Waals surface area contributed by atoms with E-state index in [9.17, 15) is 9.59 Å². The number of nitrogens with zero attached hydrogens (tertiary/aromatic N) is 3. The maximum atomic E-state index is 13.6. The SMILES string of the molecule is Cc1c(C(=O)NCC2C(=O)NC(C)CC2C)cc(-c2ccc(CN(C)C)nc2)cc1N(C)[C@H]1CC[C@@H](N)CC1. The van der Waals surface area contributed by atoms with Gasteiger partial charge in [-0.15, -0.1) is 0 Å². The molecule has 1 aliphatic heterocycles. The number of aromatic nitrogens is 1. The molecule has 1 saturated heterocycles. The second-order valence-electron chi connectivity index (χ2n) is 12.1. The van der Waals surface area contributed by atoms with Gasteiger partial charge in [0.25, 0.3) is 5.91 Å². The van der Waals surface area contributed by atoms with E-state index in [2.05, 4.69) is 51.5 Å². The standard InChI is InChI=1S/C31H46N6O2/c1-19-13-20(2)35-31(39)28(19)17-34-30(38)27-14-23(22-7-10-25(33-16-22)18-36(4)5)15-29(21(27)3)37(6)26-11-8-24(32)9-12-26/h7,10,14-16,19-20,24,26,28H,8-9,11-13,17-18,32H2,1-6H3,(H,34,38)(H,35,39)/t19?,20?,24-,26+,28?. The Morgan fingerprint density at radius 3 is 2.44 bits per heavy atom. The number of carbonyl (C=O) groups is 2. The van der Waals surface area contributed by atoms with Gasteiger partial charge in [-0.1, -0.05) is 13.0 Å². The predicted molar refractivity (Wildman–Crippen MR) is 158 cm³/mol. The van der Waals surface area contributed by atoms with Gasteiger partial charge in [0.05, 0.1) is 11.6 Å². The van der Waals surface area contributed by atoms with Crippen LogP contribution in [0.3, 0.4) is 0 Å². The topological polar surface area (TPSA) is 104 Å². The first-order chi connectivity index (χ1) is 18.5. The van der Waals surface area contributed by atoms with Crippen LogP contribution in [0.5, 0.6) is 0 Å². The number of nitrogens with two attached hydrogens (primary N) is 1. The Balaban J connectivity index is 1.64. The van der Waals surface area contributed by atoms with Crippen molar-refractivity contribution in [2.45, 2.75) is 77.5 Å². The molecule has 4 rings (SSSR count). The predicted octanol–water partition coefficient (Wildman–Crippen LogP) is 3.72. The zero-order valence-corrected chi connectivity index (χ0v) is 24.5. The fourth-order valence-electron chi connectivity index (χ4n) is 6.15. The number of hydrogen-bond donors (Lipinski definition) is 3. The third-order valence-corrected chi connectivity index (χ3v) is 8.55. The average Bonchev–Trinajstić information content (AvgIpc) is 2.88. The molecule has 8 heteroatoms. The minimum absolute atomic E-state index is 0.0202. The highest BCUT2D eigenvalue weighted by atomic mass is 16.2. The fraction of sp³-hybridized carbons (Fsp3) is 0.581. The minimum atomic E-state index is -0.226. The van der Waals surface area contributed by atoms with Gasteiger partial charge in [0.1, 0.15) is 0 Å². The van der Waals surface area contributed by atoms with E-state index in [1.807, 2.05) is 46.3 Å². The summed E-state index contributed by atoms with van der Waals surface area (Å²) in [5, 5.41) is 6.12.